The van der Waals surface area contributed by atoms with Gasteiger partial charge in [-0.2, -0.15) is 0 Å². The van der Waals surface area contributed by atoms with E-state index in [9.17, 15) is 0 Å². The highest BCUT2D eigenvalue weighted by atomic mass is 15.2. The summed E-state index contributed by atoms with van der Waals surface area (Å²) in [4.78, 5) is 2.49. The third-order valence-corrected chi connectivity index (χ3v) is 3.26. The van der Waals surface area contributed by atoms with Gasteiger partial charge in [0.05, 0.1) is 0 Å². The van der Waals surface area contributed by atoms with Crippen LogP contribution < -0.4 is 10.6 Å². The summed E-state index contributed by atoms with van der Waals surface area (Å²) in [6, 6.07) is 9.26. The third-order valence-electron chi connectivity index (χ3n) is 3.26. The molecule has 1 aliphatic rings. The summed E-state index contributed by atoms with van der Waals surface area (Å²) in [7, 11) is 0. The topological polar surface area (TPSA) is 29.3 Å². The number of rotatable bonds is 2. The molecule has 15 heavy (non-hydrogen) atoms. The van der Waals surface area contributed by atoms with E-state index in [2.05, 4.69) is 43.0 Å². The van der Waals surface area contributed by atoms with Gasteiger partial charge in [0.15, 0.2) is 0 Å². The Morgan fingerprint density at radius 3 is 2.80 bits per heavy atom. The number of anilines is 1. The molecule has 2 heteroatoms. The molecule has 1 heterocycles. The van der Waals surface area contributed by atoms with Gasteiger partial charge < -0.3 is 10.6 Å². The van der Waals surface area contributed by atoms with E-state index in [0.29, 0.717) is 12.6 Å². The van der Waals surface area contributed by atoms with Gasteiger partial charge in [-0.25, -0.2) is 0 Å². The van der Waals surface area contributed by atoms with Gasteiger partial charge in [-0.05, 0) is 37.0 Å². The van der Waals surface area contributed by atoms with E-state index in [0.717, 1.165) is 5.92 Å². The molecule has 0 bridgehead atoms. The number of hydrogen-bond acceptors (Lipinski definition) is 2. The van der Waals surface area contributed by atoms with Crippen LogP contribution in [0.5, 0.6) is 0 Å². The fourth-order valence-corrected chi connectivity index (χ4v) is 2.52. The predicted molar refractivity (Wildman–Crippen MR) is 64.9 cm³/mol. The van der Waals surface area contributed by atoms with Gasteiger partial charge in [0.25, 0.3) is 0 Å². The van der Waals surface area contributed by atoms with Crippen molar-refractivity contribution in [3.05, 3.63) is 29.8 Å². The number of nitrogens with two attached hydrogens (primary N) is 1. The molecule has 1 aromatic rings. The minimum absolute atomic E-state index is 0.631. The smallest absolute Gasteiger partial charge is 0.0371 e. The van der Waals surface area contributed by atoms with E-state index in [-0.39, 0.29) is 0 Å². The zero-order valence-electron chi connectivity index (χ0n) is 9.61. The van der Waals surface area contributed by atoms with Crippen LogP contribution in [0.3, 0.4) is 0 Å². The molecule has 2 rings (SSSR count). The lowest BCUT2D eigenvalue weighted by Crippen LogP contribution is -2.26. The van der Waals surface area contributed by atoms with Gasteiger partial charge >= 0.3 is 0 Å². The molecule has 1 fully saturated rings. The summed E-state index contributed by atoms with van der Waals surface area (Å²) in [6.07, 6.45) is 1.30. The first-order valence-corrected chi connectivity index (χ1v) is 5.76. The second-order valence-electron chi connectivity index (χ2n) is 4.72. The van der Waals surface area contributed by atoms with E-state index in [4.69, 9.17) is 5.73 Å². The van der Waals surface area contributed by atoms with Crippen molar-refractivity contribution in [1.82, 2.24) is 0 Å². The minimum Gasteiger partial charge on any atom is -0.369 e. The Balaban J connectivity index is 2.21. The molecule has 0 radical (unpaired) electrons. The first-order valence-electron chi connectivity index (χ1n) is 5.76. The number of hydrogen-bond donors (Lipinski definition) is 1. The molecule has 0 amide bonds. The van der Waals surface area contributed by atoms with Gasteiger partial charge in [-0.1, -0.05) is 19.1 Å². The fraction of sp³-hybridized carbons (Fsp3) is 0.538. The molecule has 2 N–H and O–H groups in total. The largest absolute Gasteiger partial charge is 0.369 e. The van der Waals surface area contributed by atoms with Crippen LogP contribution in [0.4, 0.5) is 5.69 Å². The first-order chi connectivity index (χ1) is 7.20. The Kier molecular flexibility index (Phi) is 2.96. The molecule has 1 aromatic carbocycles. The summed E-state index contributed by atoms with van der Waals surface area (Å²) >= 11 is 0. The maximum absolute atomic E-state index is 5.66. The van der Waals surface area contributed by atoms with Gasteiger partial charge in [0.2, 0.25) is 0 Å². The highest BCUT2D eigenvalue weighted by Crippen LogP contribution is 2.28. The average molecular weight is 204 g/mol. The van der Waals surface area contributed by atoms with Crippen molar-refractivity contribution in [2.24, 2.45) is 11.7 Å². The Hall–Kier alpha value is -1.02. The molecule has 2 atom stereocenters. The predicted octanol–water partition coefficient (Wildman–Crippen LogP) is 2.38. The highest BCUT2D eigenvalue weighted by Gasteiger charge is 2.25. The Labute approximate surface area is 92.1 Å². The van der Waals surface area contributed by atoms with Crippen LogP contribution in [0, 0.1) is 5.92 Å². The van der Waals surface area contributed by atoms with Crippen molar-refractivity contribution in [3.8, 4) is 0 Å². The van der Waals surface area contributed by atoms with Gasteiger partial charge in [-0.3, -0.25) is 0 Å². The van der Waals surface area contributed by atoms with Crippen molar-refractivity contribution in [1.29, 1.82) is 0 Å². The zero-order chi connectivity index (χ0) is 10.8. The maximum Gasteiger partial charge on any atom is 0.0371 e. The molecule has 0 aliphatic carbocycles. The Bertz CT molecular complexity index is 335. The summed E-state index contributed by atoms with van der Waals surface area (Å²) in [5, 5.41) is 0. The van der Waals surface area contributed by atoms with Gasteiger partial charge in [0.1, 0.15) is 0 Å². The Morgan fingerprint density at radius 1 is 1.40 bits per heavy atom. The lowest BCUT2D eigenvalue weighted by Gasteiger charge is -2.24. The molecule has 0 aromatic heterocycles. The number of benzene rings is 1. The molecule has 82 valence electrons. The molecule has 1 aliphatic heterocycles. The van der Waals surface area contributed by atoms with E-state index in [1.807, 2.05) is 0 Å². The molecule has 2 nitrogen and oxygen atoms in total. The second kappa shape index (κ2) is 4.23. The highest BCUT2D eigenvalue weighted by molar-refractivity contribution is 5.50. The normalized spacial score (nSPS) is 25.9. The third kappa shape index (κ3) is 2.15. The molecule has 2 unspecified atom stereocenters. The van der Waals surface area contributed by atoms with Crippen LogP contribution >= 0.6 is 0 Å². The van der Waals surface area contributed by atoms with E-state index in [1.165, 1.54) is 24.2 Å². The second-order valence-corrected chi connectivity index (χ2v) is 4.72. The van der Waals surface area contributed by atoms with E-state index < -0.39 is 0 Å². The van der Waals surface area contributed by atoms with Crippen LogP contribution in [-0.4, -0.2) is 12.6 Å². The fourth-order valence-electron chi connectivity index (χ4n) is 2.52. The van der Waals surface area contributed by atoms with Crippen molar-refractivity contribution in [2.75, 3.05) is 11.4 Å². The number of nitrogens with zero attached hydrogens (tertiary/aromatic N) is 1. The lowest BCUT2D eigenvalue weighted by atomic mass is 10.1. The lowest BCUT2D eigenvalue weighted by molar-refractivity contribution is 0.625. The van der Waals surface area contributed by atoms with Crippen molar-refractivity contribution >= 4 is 5.69 Å². The Morgan fingerprint density at radius 2 is 2.20 bits per heavy atom. The summed E-state index contributed by atoms with van der Waals surface area (Å²) < 4.78 is 0. The summed E-state index contributed by atoms with van der Waals surface area (Å²) in [5.41, 5.74) is 8.21. The van der Waals surface area contributed by atoms with Crippen LogP contribution in [-0.2, 0) is 6.54 Å². The van der Waals surface area contributed by atoms with Gasteiger partial charge in [0, 0.05) is 24.8 Å². The van der Waals surface area contributed by atoms with Crippen molar-refractivity contribution in [2.45, 2.75) is 32.9 Å². The zero-order valence-corrected chi connectivity index (χ0v) is 9.61. The van der Waals surface area contributed by atoms with Crippen LogP contribution in [0.15, 0.2) is 24.3 Å². The van der Waals surface area contributed by atoms with E-state index >= 15 is 0 Å². The standard InChI is InChI=1S/C13H20N2/c1-10-6-11(2)15(9-10)13-5-3-4-12(7-13)8-14/h3-5,7,10-11H,6,8-9,14H2,1-2H3. The SMILES string of the molecule is CC1CC(C)N(c2cccc(CN)c2)C1. The summed E-state index contributed by atoms with van der Waals surface area (Å²) in [5.74, 6) is 0.807. The van der Waals surface area contributed by atoms with Gasteiger partial charge in [-0.15, -0.1) is 0 Å². The quantitative estimate of drug-likeness (QED) is 0.801. The first kappa shape index (κ1) is 10.5. The molecular weight excluding hydrogens is 184 g/mol. The average Bonchev–Trinajstić information content (AvgIpc) is 2.58. The van der Waals surface area contributed by atoms with Crippen molar-refractivity contribution in [3.63, 3.8) is 0 Å². The molecule has 0 saturated carbocycles. The molecule has 0 spiro atoms. The molecule has 1 saturated heterocycles. The molecular formula is C13H20N2. The van der Waals surface area contributed by atoms with E-state index in [1.54, 1.807) is 0 Å². The summed E-state index contributed by atoms with van der Waals surface area (Å²) in [6.45, 7) is 6.43. The van der Waals surface area contributed by atoms with Crippen LogP contribution in [0.25, 0.3) is 0 Å². The van der Waals surface area contributed by atoms with Crippen LogP contribution in [0.2, 0.25) is 0 Å². The maximum atomic E-state index is 5.66. The minimum atomic E-state index is 0.631. The van der Waals surface area contributed by atoms with Crippen molar-refractivity contribution < 1.29 is 0 Å². The van der Waals surface area contributed by atoms with Crippen LogP contribution in [0.1, 0.15) is 25.8 Å². The monoisotopic (exact) mass is 204 g/mol.